The Hall–Kier alpha value is -4.86. The highest BCUT2D eigenvalue weighted by Gasteiger charge is 2.19. The molecule has 0 bridgehead atoms. The van der Waals surface area contributed by atoms with E-state index < -0.39 is 17.4 Å². The van der Waals surface area contributed by atoms with Gasteiger partial charge in [0.2, 0.25) is 5.91 Å². The van der Waals surface area contributed by atoms with E-state index in [0.717, 1.165) is 10.2 Å². The molecule has 0 aliphatic rings. The number of fused-ring (bicyclic) bond motifs is 1. The van der Waals surface area contributed by atoms with Crippen molar-refractivity contribution in [3.8, 4) is 22.9 Å². The molecule has 190 valence electrons. The molecule has 0 atom stereocenters. The molecule has 4 aromatic rings. The lowest BCUT2D eigenvalue weighted by Gasteiger charge is -2.13. The fraction of sp³-hybridized carbons (Fsp3) is 0.185. The molecule has 37 heavy (non-hydrogen) atoms. The Morgan fingerprint density at radius 1 is 0.811 bits per heavy atom. The van der Waals surface area contributed by atoms with Crippen LogP contribution in [-0.4, -0.2) is 49.5 Å². The Morgan fingerprint density at radius 2 is 1.49 bits per heavy atom. The van der Waals surface area contributed by atoms with Crippen molar-refractivity contribution in [1.29, 1.82) is 0 Å². The summed E-state index contributed by atoms with van der Waals surface area (Å²) < 4.78 is 17.0. The van der Waals surface area contributed by atoms with Gasteiger partial charge in [0, 0.05) is 23.6 Å². The summed E-state index contributed by atoms with van der Waals surface area (Å²) in [5.41, 5.74) is 0.785. The predicted octanol–water partition coefficient (Wildman–Crippen LogP) is 2.46. The van der Waals surface area contributed by atoms with Gasteiger partial charge in [-0.25, -0.2) is 0 Å². The number of rotatable bonds is 9. The number of nitrogens with zero attached hydrogens (tertiary/aromatic N) is 2. The zero-order chi connectivity index (χ0) is 26.4. The van der Waals surface area contributed by atoms with E-state index in [1.807, 2.05) is 18.2 Å². The Labute approximate surface area is 212 Å². The molecule has 0 radical (unpaired) electrons. The summed E-state index contributed by atoms with van der Waals surface area (Å²) in [6, 6.07) is 18.9. The van der Waals surface area contributed by atoms with E-state index in [1.165, 1.54) is 14.2 Å². The zero-order valence-electron chi connectivity index (χ0n) is 20.6. The van der Waals surface area contributed by atoms with Crippen LogP contribution in [0.4, 0.5) is 0 Å². The van der Waals surface area contributed by atoms with E-state index in [0.29, 0.717) is 33.7 Å². The number of amides is 2. The maximum absolute atomic E-state index is 13.2. The van der Waals surface area contributed by atoms with Crippen LogP contribution in [0.15, 0.2) is 71.5 Å². The molecule has 0 aliphatic heterocycles. The molecule has 0 unspecified atom stereocenters. The van der Waals surface area contributed by atoms with Crippen molar-refractivity contribution in [2.75, 3.05) is 27.9 Å². The van der Waals surface area contributed by atoms with Crippen molar-refractivity contribution in [2.24, 2.45) is 0 Å². The molecule has 0 fully saturated rings. The molecule has 3 aromatic carbocycles. The van der Waals surface area contributed by atoms with E-state index in [1.54, 1.807) is 55.6 Å². The molecule has 0 saturated heterocycles. The number of ether oxygens (including phenoxy) is 3. The molecule has 0 saturated carbocycles. The predicted molar refractivity (Wildman–Crippen MR) is 138 cm³/mol. The minimum absolute atomic E-state index is 0.00233. The first-order chi connectivity index (χ1) is 18.0. The number of hydrogen-bond donors (Lipinski definition) is 2. The van der Waals surface area contributed by atoms with Crippen LogP contribution in [0.25, 0.3) is 16.5 Å². The van der Waals surface area contributed by atoms with Gasteiger partial charge in [-0.1, -0.05) is 36.4 Å². The summed E-state index contributed by atoms with van der Waals surface area (Å²) >= 11 is 0. The van der Waals surface area contributed by atoms with E-state index in [-0.39, 0.29) is 18.8 Å². The first-order valence-electron chi connectivity index (χ1n) is 11.4. The van der Waals surface area contributed by atoms with Crippen molar-refractivity contribution in [1.82, 2.24) is 20.4 Å². The lowest BCUT2D eigenvalue weighted by molar-refractivity contribution is -0.120. The Kier molecular flexibility index (Phi) is 7.68. The number of methoxy groups -OCH3 is 3. The number of carbonyl (C=O) groups excluding carboxylic acids is 2. The van der Waals surface area contributed by atoms with Crippen LogP contribution in [0.3, 0.4) is 0 Å². The lowest BCUT2D eigenvalue weighted by Crippen LogP contribution is -2.38. The van der Waals surface area contributed by atoms with E-state index in [9.17, 15) is 14.4 Å². The quantitative estimate of drug-likeness (QED) is 0.361. The summed E-state index contributed by atoms with van der Waals surface area (Å²) in [6.07, 6.45) is 0. The minimum atomic E-state index is -0.599. The molecule has 0 spiro atoms. The largest absolute Gasteiger partial charge is 0.496 e. The molecule has 10 heteroatoms. The fourth-order valence-electron chi connectivity index (χ4n) is 3.84. The normalized spacial score (nSPS) is 10.6. The third-order valence-corrected chi connectivity index (χ3v) is 5.71. The SMILES string of the molecule is COc1ccccc1CNC(=O)CNC(=O)c1nn(-c2ccc(OC)c(OC)c2)c(=O)c2ccccc12. The van der Waals surface area contributed by atoms with Crippen LogP contribution in [0.2, 0.25) is 0 Å². The summed E-state index contributed by atoms with van der Waals surface area (Å²) in [4.78, 5) is 38.8. The number of nitrogens with one attached hydrogen (secondary N) is 2. The molecule has 2 amide bonds. The summed E-state index contributed by atoms with van der Waals surface area (Å²) in [5.74, 6) is 0.548. The van der Waals surface area contributed by atoms with Gasteiger partial charge in [-0.2, -0.15) is 9.78 Å². The third-order valence-electron chi connectivity index (χ3n) is 5.71. The lowest BCUT2D eigenvalue weighted by atomic mass is 10.1. The average Bonchev–Trinajstić information content (AvgIpc) is 2.94. The van der Waals surface area contributed by atoms with Gasteiger partial charge < -0.3 is 24.8 Å². The molecule has 1 heterocycles. The highest BCUT2D eigenvalue weighted by atomic mass is 16.5. The Balaban J connectivity index is 1.58. The second kappa shape index (κ2) is 11.3. The second-order valence-corrected chi connectivity index (χ2v) is 7.92. The number of hydrogen-bond acceptors (Lipinski definition) is 7. The highest BCUT2D eigenvalue weighted by molar-refractivity contribution is 6.05. The van der Waals surface area contributed by atoms with Gasteiger partial charge in [-0.15, -0.1) is 0 Å². The van der Waals surface area contributed by atoms with Crippen molar-refractivity contribution >= 4 is 22.6 Å². The van der Waals surface area contributed by atoms with Crippen LogP contribution < -0.4 is 30.4 Å². The van der Waals surface area contributed by atoms with Crippen LogP contribution in [-0.2, 0) is 11.3 Å². The summed E-state index contributed by atoms with van der Waals surface area (Å²) in [5, 5.41) is 10.4. The zero-order valence-corrected chi connectivity index (χ0v) is 20.6. The maximum atomic E-state index is 13.2. The van der Waals surface area contributed by atoms with Gasteiger partial charge in [0.05, 0.1) is 38.9 Å². The topological polar surface area (TPSA) is 121 Å². The molecule has 0 aliphatic carbocycles. The average molecular weight is 503 g/mol. The van der Waals surface area contributed by atoms with Crippen molar-refractivity contribution < 1.29 is 23.8 Å². The fourth-order valence-corrected chi connectivity index (χ4v) is 3.84. The highest BCUT2D eigenvalue weighted by Crippen LogP contribution is 2.28. The number of carbonyl (C=O) groups is 2. The Bertz CT molecular complexity index is 1510. The smallest absolute Gasteiger partial charge is 0.279 e. The first kappa shape index (κ1) is 25.2. The van der Waals surface area contributed by atoms with Crippen LogP contribution in [0.1, 0.15) is 16.1 Å². The monoisotopic (exact) mass is 502 g/mol. The number of benzene rings is 3. The first-order valence-corrected chi connectivity index (χ1v) is 11.4. The van der Waals surface area contributed by atoms with E-state index >= 15 is 0 Å². The number of aromatic nitrogens is 2. The van der Waals surface area contributed by atoms with Gasteiger partial charge in [-0.3, -0.25) is 14.4 Å². The van der Waals surface area contributed by atoms with Gasteiger partial charge in [-0.05, 0) is 24.3 Å². The van der Waals surface area contributed by atoms with Crippen LogP contribution in [0.5, 0.6) is 17.2 Å². The van der Waals surface area contributed by atoms with E-state index in [2.05, 4.69) is 15.7 Å². The van der Waals surface area contributed by atoms with Gasteiger partial charge in [0.15, 0.2) is 17.2 Å². The van der Waals surface area contributed by atoms with Crippen LogP contribution >= 0.6 is 0 Å². The van der Waals surface area contributed by atoms with Gasteiger partial charge >= 0.3 is 0 Å². The molecule has 2 N–H and O–H groups in total. The van der Waals surface area contributed by atoms with Gasteiger partial charge in [0.25, 0.3) is 11.5 Å². The molecular formula is C27H26N4O6. The van der Waals surface area contributed by atoms with Crippen molar-refractivity contribution in [3.05, 3.63) is 88.3 Å². The van der Waals surface area contributed by atoms with Crippen LogP contribution in [0, 0.1) is 0 Å². The van der Waals surface area contributed by atoms with Crippen molar-refractivity contribution in [2.45, 2.75) is 6.54 Å². The standard InChI is InChI=1S/C27H26N4O6/c1-35-21-11-7-4-8-17(21)15-28-24(32)16-29-26(33)25-19-9-5-6-10-20(19)27(34)31(30-25)18-12-13-22(36-2)23(14-18)37-3/h4-14H,15-16H2,1-3H3,(H,28,32)(H,29,33). The second-order valence-electron chi connectivity index (χ2n) is 7.92. The molecular weight excluding hydrogens is 476 g/mol. The van der Waals surface area contributed by atoms with Gasteiger partial charge in [0.1, 0.15) is 5.75 Å². The molecule has 10 nitrogen and oxygen atoms in total. The van der Waals surface area contributed by atoms with E-state index in [4.69, 9.17) is 14.2 Å². The number of para-hydroxylation sites is 1. The summed E-state index contributed by atoms with van der Waals surface area (Å²) in [7, 11) is 4.54. The Morgan fingerprint density at radius 3 is 2.22 bits per heavy atom. The minimum Gasteiger partial charge on any atom is -0.496 e. The molecule has 4 rings (SSSR count). The maximum Gasteiger partial charge on any atom is 0.279 e. The summed E-state index contributed by atoms with van der Waals surface area (Å²) in [6.45, 7) is -0.0381. The van der Waals surface area contributed by atoms with Crippen molar-refractivity contribution in [3.63, 3.8) is 0 Å². The third kappa shape index (κ3) is 5.37. The molecule has 1 aromatic heterocycles.